The van der Waals surface area contributed by atoms with Crippen molar-refractivity contribution in [3.8, 4) is 0 Å². The Hall–Kier alpha value is -0.910. The SMILES string of the molecule is CCC(CC)CNS(=O)(=O)c1ccccc1CNC(C)C. The Bertz CT molecular complexity index is 523. The molecule has 0 aromatic heterocycles. The Balaban J connectivity index is 2.87. The zero-order chi connectivity index (χ0) is 15.9. The first-order valence-electron chi connectivity index (χ1n) is 7.71. The van der Waals surface area contributed by atoms with Gasteiger partial charge < -0.3 is 5.32 Å². The van der Waals surface area contributed by atoms with Gasteiger partial charge in [0, 0.05) is 19.1 Å². The second-order valence-electron chi connectivity index (χ2n) is 5.68. The summed E-state index contributed by atoms with van der Waals surface area (Å²) in [4.78, 5) is 0.379. The average molecular weight is 312 g/mol. The summed E-state index contributed by atoms with van der Waals surface area (Å²) in [5, 5.41) is 3.27. The van der Waals surface area contributed by atoms with Crippen molar-refractivity contribution in [3.05, 3.63) is 29.8 Å². The number of hydrogen-bond donors (Lipinski definition) is 2. The van der Waals surface area contributed by atoms with Crippen LogP contribution in [0.4, 0.5) is 0 Å². The van der Waals surface area contributed by atoms with Gasteiger partial charge in [-0.1, -0.05) is 58.7 Å². The first-order chi connectivity index (χ1) is 9.90. The molecule has 2 N–H and O–H groups in total. The fourth-order valence-electron chi connectivity index (χ4n) is 2.11. The molecule has 5 heteroatoms. The molecule has 1 rings (SSSR count). The van der Waals surface area contributed by atoms with Crippen molar-refractivity contribution >= 4 is 10.0 Å². The van der Waals surface area contributed by atoms with Gasteiger partial charge in [0.25, 0.3) is 0 Å². The minimum atomic E-state index is -3.44. The van der Waals surface area contributed by atoms with Gasteiger partial charge in [0.15, 0.2) is 0 Å². The van der Waals surface area contributed by atoms with E-state index in [1.165, 1.54) is 0 Å². The van der Waals surface area contributed by atoms with Crippen LogP contribution in [0.3, 0.4) is 0 Å². The molecule has 0 heterocycles. The summed E-state index contributed by atoms with van der Waals surface area (Å²) >= 11 is 0. The second-order valence-corrected chi connectivity index (χ2v) is 7.41. The van der Waals surface area contributed by atoms with E-state index >= 15 is 0 Å². The van der Waals surface area contributed by atoms with Crippen LogP contribution in [-0.2, 0) is 16.6 Å². The summed E-state index contributed by atoms with van der Waals surface area (Å²) in [7, 11) is -3.44. The molecule has 0 spiro atoms. The minimum Gasteiger partial charge on any atom is -0.310 e. The Morgan fingerprint density at radius 3 is 2.29 bits per heavy atom. The molecule has 0 aliphatic rings. The topological polar surface area (TPSA) is 58.2 Å². The van der Waals surface area contributed by atoms with Crippen LogP contribution in [-0.4, -0.2) is 21.0 Å². The maximum absolute atomic E-state index is 12.5. The van der Waals surface area contributed by atoms with E-state index in [0.717, 1.165) is 18.4 Å². The van der Waals surface area contributed by atoms with Gasteiger partial charge in [-0.25, -0.2) is 13.1 Å². The first kappa shape index (κ1) is 18.1. The molecule has 0 saturated carbocycles. The lowest BCUT2D eigenvalue weighted by molar-refractivity contribution is 0.478. The van der Waals surface area contributed by atoms with Crippen molar-refractivity contribution in [2.24, 2.45) is 5.92 Å². The third-order valence-electron chi connectivity index (χ3n) is 3.68. The molecule has 1 aromatic rings. The predicted molar refractivity (Wildman–Crippen MR) is 87.7 cm³/mol. The number of nitrogens with one attached hydrogen (secondary N) is 2. The number of rotatable bonds is 9. The van der Waals surface area contributed by atoms with Crippen molar-refractivity contribution in [2.75, 3.05) is 6.54 Å². The van der Waals surface area contributed by atoms with E-state index in [9.17, 15) is 8.42 Å². The highest BCUT2D eigenvalue weighted by molar-refractivity contribution is 7.89. The molecule has 120 valence electrons. The minimum absolute atomic E-state index is 0.318. The van der Waals surface area contributed by atoms with E-state index in [4.69, 9.17) is 0 Å². The zero-order valence-electron chi connectivity index (χ0n) is 13.5. The maximum atomic E-state index is 12.5. The molecule has 4 nitrogen and oxygen atoms in total. The van der Waals surface area contributed by atoms with Crippen LogP contribution < -0.4 is 10.0 Å². The molecule has 0 atom stereocenters. The Labute approximate surface area is 129 Å². The first-order valence-corrected chi connectivity index (χ1v) is 9.20. The van der Waals surface area contributed by atoms with Crippen molar-refractivity contribution in [2.45, 2.75) is 58.0 Å². The maximum Gasteiger partial charge on any atom is 0.240 e. The van der Waals surface area contributed by atoms with Crippen LogP contribution >= 0.6 is 0 Å². The zero-order valence-corrected chi connectivity index (χ0v) is 14.3. The summed E-state index contributed by atoms with van der Waals surface area (Å²) in [6, 6.07) is 7.49. The quantitative estimate of drug-likeness (QED) is 0.737. The monoisotopic (exact) mass is 312 g/mol. The molecule has 21 heavy (non-hydrogen) atoms. The fourth-order valence-corrected chi connectivity index (χ4v) is 3.46. The largest absolute Gasteiger partial charge is 0.310 e. The van der Waals surface area contributed by atoms with Gasteiger partial charge in [-0.15, -0.1) is 0 Å². The number of sulfonamides is 1. The lowest BCUT2D eigenvalue weighted by Crippen LogP contribution is -2.30. The van der Waals surface area contributed by atoms with Crippen molar-refractivity contribution in [1.29, 1.82) is 0 Å². The van der Waals surface area contributed by atoms with Crippen LogP contribution in [0.1, 0.15) is 46.1 Å². The highest BCUT2D eigenvalue weighted by Crippen LogP contribution is 2.16. The average Bonchev–Trinajstić information content (AvgIpc) is 2.46. The molecule has 0 aliphatic heterocycles. The normalized spacial score (nSPS) is 12.3. The van der Waals surface area contributed by atoms with Crippen molar-refractivity contribution in [1.82, 2.24) is 10.0 Å². The van der Waals surface area contributed by atoms with Crippen molar-refractivity contribution in [3.63, 3.8) is 0 Å². The Morgan fingerprint density at radius 1 is 1.10 bits per heavy atom. The van der Waals surface area contributed by atoms with Gasteiger partial charge in [-0.3, -0.25) is 0 Å². The van der Waals surface area contributed by atoms with E-state index in [2.05, 4.69) is 23.9 Å². The predicted octanol–water partition coefficient (Wildman–Crippen LogP) is 2.90. The Kier molecular flexibility index (Phi) is 7.35. The molecular weight excluding hydrogens is 284 g/mol. The molecule has 0 aliphatic carbocycles. The van der Waals surface area contributed by atoms with E-state index in [0.29, 0.717) is 29.9 Å². The molecular formula is C16H28N2O2S. The van der Waals surface area contributed by atoms with Gasteiger partial charge in [-0.2, -0.15) is 0 Å². The van der Waals surface area contributed by atoms with Crippen LogP contribution in [0.5, 0.6) is 0 Å². The summed E-state index contributed by atoms with van der Waals surface area (Å²) in [6.45, 7) is 9.32. The third kappa shape index (κ3) is 5.77. The van der Waals surface area contributed by atoms with Crippen molar-refractivity contribution < 1.29 is 8.42 Å². The standard InChI is InChI=1S/C16H28N2O2S/c1-5-14(6-2)11-18-21(19,20)16-10-8-7-9-15(16)12-17-13(3)4/h7-10,13-14,17-18H,5-6,11-12H2,1-4H3. The van der Waals surface area contributed by atoms with E-state index < -0.39 is 10.0 Å². The second kappa shape index (κ2) is 8.51. The van der Waals surface area contributed by atoms with Gasteiger partial charge in [-0.05, 0) is 17.5 Å². The van der Waals surface area contributed by atoms with E-state index in [1.54, 1.807) is 12.1 Å². The highest BCUT2D eigenvalue weighted by atomic mass is 32.2. The Morgan fingerprint density at radius 2 is 1.71 bits per heavy atom. The highest BCUT2D eigenvalue weighted by Gasteiger charge is 2.19. The van der Waals surface area contributed by atoms with Gasteiger partial charge >= 0.3 is 0 Å². The van der Waals surface area contributed by atoms with Crippen LogP contribution in [0, 0.1) is 5.92 Å². The van der Waals surface area contributed by atoms with Gasteiger partial charge in [0.2, 0.25) is 10.0 Å². The molecule has 0 radical (unpaired) electrons. The van der Waals surface area contributed by atoms with Gasteiger partial charge in [0.1, 0.15) is 0 Å². The summed E-state index contributed by atoms with van der Waals surface area (Å²) in [5.74, 6) is 0.390. The van der Waals surface area contributed by atoms with Crippen LogP contribution in [0.2, 0.25) is 0 Å². The lowest BCUT2D eigenvalue weighted by atomic mass is 10.0. The summed E-state index contributed by atoms with van der Waals surface area (Å²) < 4.78 is 27.7. The van der Waals surface area contributed by atoms with E-state index in [-0.39, 0.29) is 0 Å². The fraction of sp³-hybridized carbons (Fsp3) is 0.625. The van der Waals surface area contributed by atoms with Crippen LogP contribution in [0.25, 0.3) is 0 Å². The van der Waals surface area contributed by atoms with E-state index in [1.807, 2.05) is 26.0 Å². The number of hydrogen-bond acceptors (Lipinski definition) is 3. The molecule has 1 aromatic carbocycles. The van der Waals surface area contributed by atoms with Gasteiger partial charge in [0.05, 0.1) is 4.90 Å². The molecule has 0 fully saturated rings. The van der Waals surface area contributed by atoms with Crippen LogP contribution in [0.15, 0.2) is 29.2 Å². The smallest absolute Gasteiger partial charge is 0.240 e. The summed E-state index contributed by atoms with van der Waals surface area (Å²) in [5.41, 5.74) is 0.809. The molecule has 0 amide bonds. The number of benzene rings is 1. The lowest BCUT2D eigenvalue weighted by Gasteiger charge is -2.16. The summed E-state index contributed by atoms with van der Waals surface area (Å²) in [6.07, 6.45) is 1.96. The molecule has 0 unspecified atom stereocenters. The molecule has 0 bridgehead atoms. The third-order valence-corrected chi connectivity index (χ3v) is 5.20. The molecule has 0 saturated heterocycles.